The van der Waals surface area contributed by atoms with Crippen LogP contribution in [-0.4, -0.2) is 48.6 Å². The predicted octanol–water partition coefficient (Wildman–Crippen LogP) is 4.90. The van der Waals surface area contributed by atoms with E-state index in [0.717, 1.165) is 25.7 Å². The van der Waals surface area contributed by atoms with E-state index in [1.165, 1.54) is 0 Å². The van der Waals surface area contributed by atoms with Gasteiger partial charge in [-0.3, -0.25) is 0 Å². The highest BCUT2D eigenvalue weighted by Gasteiger charge is 2.80. The van der Waals surface area contributed by atoms with Gasteiger partial charge in [0, 0.05) is 6.61 Å². The van der Waals surface area contributed by atoms with Gasteiger partial charge in [0.05, 0.1) is 0 Å². The third-order valence-corrected chi connectivity index (χ3v) is 3.44. The lowest BCUT2D eigenvalue weighted by Gasteiger charge is -2.35. The average Bonchev–Trinajstić information content (AvgIpc) is 2.49. The van der Waals surface area contributed by atoms with Crippen LogP contribution in [0.3, 0.4) is 0 Å². The number of ether oxygens (including phenoxy) is 1. The third kappa shape index (κ3) is 5.44. The Kier molecular flexibility index (Phi) is 8.92. The minimum absolute atomic E-state index is 0.258. The molecule has 2 nitrogen and oxygen atoms in total. The summed E-state index contributed by atoms with van der Waals surface area (Å²) in [6.45, 7) is -3.20. The van der Waals surface area contributed by atoms with Crippen LogP contribution in [0.5, 0.6) is 0 Å². The number of aliphatic hydroxyl groups is 1. The highest BCUT2D eigenvalue weighted by molar-refractivity contribution is 5.03. The number of rotatable bonds is 13. The molecule has 0 fully saturated rings. The zero-order valence-electron chi connectivity index (χ0n) is 13.2. The molecule has 0 unspecified atom stereocenters. The summed E-state index contributed by atoms with van der Waals surface area (Å²) < 4.78 is 109. The van der Waals surface area contributed by atoms with E-state index in [1.807, 2.05) is 6.92 Å². The Morgan fingerprint density at radius 1 is 0.708 bits per heavy atom. The molecule has 0 aliphatic heterocycles. The van der Waals surface area contributed by atoms with Crippen molar-refractivity contribution in [2.24, 2.45) is 0 Å². The quantitative estimate of drug-likeness (QED) is 0.367. The van der Waals surface area contributed by atoms with Crippen LogP contribution in [0.4, 0.5) is 35.1 Å². The highest BCUT2D eigenvalue weighted by atomic mass is 19.4. The van der Waals surface area contributed by atoms with E-state index in [-0.39, 0.29) is 13.0 Å². The molecule has 0 spiro atoms. The van der Waals surface area contributed by atoms with Crippen molar-refractivity contribution >= 4 is 0 Å². The zero-order valence-corrected chi connectivity index (χ0v) is 13.2. The van der Waals surface area contributed by atoms with Gasteiger partial charge in [0.15, 0.2) is 0 Å². The van der Waals surface area contributed by atoms with Crippen molar-refractivity contribution in [3.63, 3.8) is 0 Å². The van der Waals surface area contributed by atoms with Gasteiger partial charge in [-0.2, -0.15) is 35.1 Å². The number of aliphatic hydroxyl groups excluding tert-OH is 1. The summed E-state index contributed by atoms with van der Waals surface area (Å²) in [5, 5.41) is 8.05. The normalized spacial score (nSPS) is 14.2. The van der Waals surface area contributed by atoms with Crippen molar-refractivity contribution in [2.75, 3.05) is 19.8 Å². The first-order valence-corrected chi connectivity index (χ1v) is 7.57. The van der Waals surface area contributed by atoms with Crippen molar-refractivity contribution < 1.29 is 45.0 Å². The van der Waals surface area contributed by atoms with Crippen molar-refractivity contribution in [2.45, 2.75) is 69.1 Å². The predicted molar refractivity (Wildman–Crippen MR) is 71.1 cm³/mol. The van der Waals surface area contributed by atoms with Crippen molar-refractivity contribution in [3.05, 3.63) is 0 Å². The van der Waals surface area contributed by atoms with Crippen LogP contribution in [0.25, 0.3) is 0 Å². The molecule has 0 aliphatic carbocycles. The molecule has 0 bridgehead atoms. The van der Waals surface area contributed by atoms with Crippen molar-refractivity contribution in [3.8, 4) is 0 Å². The second-order valence-corrected chi connectivity index (χ2v) is 5.54. The van der Waals surface area contributed by atoms with Gasteiger partial charge >= 0.3 is 23.7 Å². The lowest BCUT2D eigenvalue weighted by molar-refractivity contribution is -0.375. The Morgan fingerprint density at radius 2 is 1.17 bits per heavy atom. The van der Waals surface area contributed by atoms with E-state index in [0.29, 0.717) is 6.42 Å². The van der Waals surface area contributed by atoms with E-state index in [1.54, 1.807) is 0 Å². The number of halogens is 8. The van der Waals surface area contributed by atoms with E-state index in [2.05, 4.69) is 4.74 Å². The van der Waals surface area contributed by atoms with Crippen LogP contribution in [0.15, 0.2) is 0 Å². The maximum Gasteiger partial charge on any atom is 0.380 e. The third-order valence-electron chi connectivity index (χ3n) is 3.44. The summed E-state index contributed by atoms with van der Waals surface area (Å²) in [5.41, 5.74) is 0. The summed E-state index contributed by atoms with van der Waals surface area (Å²) in [5.74, 6) is -24.0. The smallest absolute Gasteiger partial charge is 0.380 e. The lowest BCUT2D eigenvalue weighted by atomic mass is 9.99. The van der Waals surface area contributed by atoms with Crippen LogP contribution < -0.4 is 0 Å². The Labute approximate surface area is 135 Å². The summed E-state index contributed by atoms with van der Waals surface area (Å²) in [4.78, 5) is 0. The molecule has 0 atom stereocenters. The molecule has 10 heteroatoms. The van der Waals surface area contributed by atoms with E-state index in [4.69, 9.17) is 5.11 Å². The van der Waals surface area contributed by atoms with Crippen LogP contribution >= 0.6 is 0 Å². The molecule has 0 heterocycles. The second-order valence-electron chi connectivity index (χ2n) is 5.54. The molecule has 0 aromatic heterocycles. The minimum Gasteiger partial charge on any atom is -0.390 e. The summed E-state index contributed by atoms with van der Waals surface area (Å²) in [6.07, 6.45) is 4.51. The Balaban J connectivity index is 4.53. The summed E-state index contributed by atoms with van der Waals surface area (Å²) in [7, 11) is 0. The van der Waals surface area contributed by atoms with Gasteiger partial charge < -0.3 is 9.84 Å². The molecule has 0 saturated carbocycles. The second kappa shape index (κ2) is 9.17. The molecule has 1 N–H and O–H groups in total. The number of hydrogen-bond acceptors (Lipinski definition) is 2. The van der Waals surface area contributed by atoms with Gasteiger partial charge in [-0.15, -0.1) is 0 Å². The van der Waals surface area contributed by atoms with Crippen molar-refractivity contribution in [1.82, 2.24) is 0 Å². The molecule has 24 heavy (non-hydrogen) atoms. The molecular formula is C14H22F8O2. The van der Waals surface area contributed by atoms with Crippen molar-refractivity contribution in [1.29, 1.82) is 0 Å². The molecule has 0 radical (unpaired) electrons. The van der Waals surface area contributed by atoms with Gasteiger partial charge in [0.25, 0.3) is 0 Å². The van der Waals surface area contributed by atoms with E-state index < -0.39 is 36.9 Å². The van der Waals surface area contributed by atoms with E-state index in [9.17, 15) is 35.1 Å². The van der Waals surface area contributed by atoms with Gasteiger partial charge in [-0.05, 0) is 6.42 Å². The molecule has 0 aliphatic rings. The Hall–Kier alpha value is -0.640. The average molecular weight is 374 g/mol. The minimum atomic E-state index is -6.43. The van der Waals surface area contributed by atoms with Crippen LogP contribution in [-0.2, 0) is 4.74 Å². The number of alkyl halides is 8. The monoisotopic (exact) mass is 374 g/mol. The maximum absolute atomic E-state index is 13.3. The first-order chi connectivity index (χ1) is 10.9. The SMILES string of the molecule is CCCCCCCCOCC(F)(F)C(F)(F)C(F)(F)C(F)(F)CO. The Morgan fingerprint density at radius 3 is 1.67 bits per heavy atom. The summed E-state index contributed by atoms with van der Waals surface area (Å²) in [6, 6.07) is 0. The first-order valence-electron chi connectivity index (χ1n) is 7.57. The van der Waals surface area contributed by atoms with Gasteiger partial charge in [0.1, 0.15) is 13.2 Å². The molecule has 0 aromatic carbocycles. The van der Waals surface area contributed by atoms with Gasteiger partial charge in [-0.1, -0.05) is 39.0 Å². The fraction of sp³-hybridized carbons (Fsp3) is 1.00. The number of hydrogen-bond donors (Lipinski definition) is 1. The first kappa shape index (κ1) is 23.4. The Bertz CT molecular complexity index is 361. The van der Waals surface area contributed by atoms with E-state index >= 15 is 0 Å². The zero-order chi connectivity index (χ0) is 19.1. The maximum atomic E-state index is 13.3. The van der Waals surface area contributed by atoms with Crippen LogP contribution in [0.2, 0.25) is 0 Å². The lowest BCUT2D eigenvalue weighted by Crippen LogP contribution is -2.64. The molecule has 146 valence electrons. The van der Waals surface area contributed by atoms with Gasteiger partial charge in [-0.25, -0.2) is 0 Å². The van der Waals surface area contributed by atoms with Gasteiger partial charge in [0.2, 0.25) is 0 Å². The molecular weight excluding hydrogens is 352 g/mol. The molecule has 0 saturated heterocycles. The summed E-state index contributed by atoms with van der Waals surface area (Å²) >= 11 is 0. The van der Waals surface area contributed by atoms with Crippen LogP contribution in [0.1, 0.15) is 45.4 Å². The molecule has 0 aromatic rings. The largest absolute Gasteiger partial charge is 0.390 e. The molecule has 0 amide bonds. The molecule has 0 rings (SSSR count). The van der Waals surface area contributed by atoms with Crippen LogP contribution in [0, 0.1) is 0 Å². The standard InChI is InChI=1S/C14H22F8O2/c1-2-3-4-5-6-7-8-24-10-12(17,18)14(21,22)13(19,20)11(15,16)9-23/h23H,2-10H2,1H3. The fourth-order valence-corrected chi connectivity index (χ4v) is 1.83. The number of unbranched alkanes of at least 4 members (excludes halogenated alkanes) is 5. The fourth-order valence-electron chi connectivity index (χ4n) is 1.83. The highest BCUT2D eigenvalue weighted by Crippen LogP contribution is 2.52. The topological polar surface area (TPSA) is 29.5 Å².